The molecule has 0 atom stereocenters. The molecule has 0 saturated carbocycles. The van der Waals surface area contributed by atoms with Crippen LogP contribution in [0.2, 0.25) is 0 Å². The maximum Gasteiger partial charge on any atom is 0.0462 e. The van der Waals surface area contributed by atoms with Crippen LogP contribution in [0.1, 0.15) is 55.6 Å². The van der Waals surface area contributed by atoms with Crippen LogP contribution in [0.25, 0.3) is 36.5 Å². The molecule has 0 aliphatic heterocycles. The molecule has 10 aromatic carbocycles. The second kappa shape index (κ2) is 22.3. The van der Waals surface area contributed by atoms with Crippen LogP contribution in [-0.2, 0) is 0 Å². The highest BCUT2D eigenvalue weighted by Crippen LogP contribution is 2.38. The lowest BCUT2D eigenvalue weighted by atomic mass is 10.1. The Morgan fingerprint density at radius 2 is 0.329 bits per heavy atom. The van der Waals surface area contributed by atoms with Crippen molar-refractivity contribution in [2.45, 2.75) is 27.7 Å². The zero-order chi connectivity index (χ0) is 49.9. The summed E-state index contributed by atoms with van der Waals surface area (Å²) in [5.74, 6) is 0. The van der Waals surface area contributed by atoms with E-state index in [4.69, 9.17) is 0 Å². The number of rotatable bonds is 15. The first-order chi connectivity index (χ1) is 35.8. The van der Waals surface area contributed by atoms with Gasteiger partial charge in [-0.3, -0.25) is 0 Å². The smallest absolute Gasteiger partial charge is 0.0462 e. The van der Waals surface area contributed by atoms with E-state index in [-0.39, 0.29) is 0 Å². The molecule has 0 aliphatic carbocycles. The zero-order valence-corrected chi connectivity index (χ0v) is 42.0. The molecule has 354 valence electrons. The van der Waals surface area contributed by atoms with Crippen LogP contribution in [0.5, 0.6) is 0 Å². The minimum Gasteiger partial charge on any atom is -0.311 e. The van der Waals surface area contributed by atoms with Crippen LogP contribution in [0.4, 0.5) is 51.2 Å². The molecule has 0 spiro atoms. The summed E-state index contributed by atoms with van der Waals surface area (Å²) in [4.78, 5) is 6.94. The van der Waals surface area contributed by atoms with E-state index < -0.39 is 0 Å². The van der Waals surface area contributed by atoms with Crippen LogP contribution in [-0.4, -0.2) is 0 Å². The fourth-order valence-electron chi connectivity index (χ4n) is 8.93. The van der Waals surface area contributed by atoms with Crippen molar-refractivity contribution in [3.05, 3.63) is 304 Å². The third-order valence-electron chi connectivity index (χ3n) is 13.1. The van der Waals surface area contributed by atoms with Crippen LogP contribution < -0.4 is 14.7 Å². The Balaban J connectivity index is 0.878. The largest absolute Gasteiger partial charge is 0.311 e. The van der Waals surface area contributed by atoms with Crippen molar-refractivity contribution in [3.63, 3.8) is 0 Å². The summed E-state index contributed by atoms with van der Waals surface area (Å²) >= 11 is 0. The van der Waals surface area contributed by atoms with E-state index >= 15 is 0 Å². The number of anilines is 9. The van der Waals surface area contributed by atoms with Crippen LogP contribution in [0.3, 0.4) is 0 Å². The molecular formula is C70H59N3. The monoisotopic (exact) mass is 941 g/mol. The highest BCUT2D eigenvalue weighted by atomic mass is 15.2. The van der Waals surface area contributed by atoms with Crippen molar-refractivity contribution >= 4 is 87.6 Å². The molecule has 10 rings (SSSR count). The van der Waals surface area contributed by atoms with E-state index in [1.54, 1.807) is 0 Å². The lowest BCUT2D eigenvalue weighted by molar-refractivity contribution is 1.27. The van der Waals surface area contributed by atoms with E-state index in [2.05, 4.69) is 322 Å². The molecule has 73 heavy (non-hydrogen) atoms. The van der Waals surface area contributed by atoms with Gasteiger partial charge in [0.15, 0.2) is 0 Å². The molecule has 0 unspecified atom stereocenters. The fraction of sp³-hybridized carbons (Fsp3) is 0.0571. The Bertz CT molecular complexity index is 3160. The highest BCUT2D eigenvalue weighted by Gasteiger charge is 2.15. The molecule has 0 saturated heterocycles. The molecule has 0 fully saturated rings. The van der Waals surface area contributed by atoms with Gasteiger partial charge in [0.25, 0.3) is 0 Å². The third kappa shape index (κ3) is 11.9. The first-order valence-corrected chi connectivity index (χ1v) is 25.0. The fourth-order valence-corrected chi connectivity index (χ4v) is 8.93. The average molecular weight is 942 g/mol. The van der Waals surface area contributed by atoms with Gasteiger partial charge in [0.1, 0.15) is 0 Å². The Labute approximate surface area is 432 Å². The summed E-state index contributed by atoms with van der Waals surface area (Å²) in [7, 11) is 0. The quantitative estimate of drug-likeness (QED) is 0.0949. The van der Waals surface area contributed by atoms with Gasteiger partial charge in [-0.1, -0.05) is 198 Å². The summed E-state index contributed by atoms with van der Waals surface area (Å²) < 4.78 is 0. The number of nitrogens with zero attached hydrogens (tertiary/aromatic N) is 3. The summed E-state index contributed by atoms with van der Waals surface area (Å²) in [6.45, 7) is 8.51. The second-order valence-corrected chi connectivity index (χ2v) is 18.7. The number of aryl methyl sites for hydroxylation is 4. The van der Waals surface area contributed by atoms with E-state index in [1.165, 1.54) is 27.8 Å². The molecule has 0 heterocycles. The number of benzene rings is 10. The van der Waals surface area contributed by atoms with Gasteiger partial charge in [-0.15, -0.1) is 0 Å². The van der Waals surface area contributed by atoms with E-state index in [9.17, 15) is 0 Å². The molecule has 0 N–H and O–H groups in total. The predicted octanol–water partition coefficient (Wildman–Crippen LogP) is 19.8. The van der Waals surface area contributed by atoms with Gasteiger partial charge in [0.2, 0.25) is 0 Å². The Morgan fingerprint density at radius 1 is 0.178 bits per heavy atom. The van der Waals surface area contributed by atoms with Crippen molar-refractivity contribution < 1.29 is 0 Å². The van der Waals surface area contributed by atoms with Gasteiger partial charge in [-0.2, -0.15) is 0 Å². The molecule has 0 bridgehead atoms. The van der Waals surface area contributed by atoms with Gasteiger partial charge in [-0.05, 0) is 170 Å². The standard InChI is InChI=1S/C70H59N3/c1-52-10-34-62(35-11-52)71(63-36-12-53(2)13-37-63)66-42-26-58(27-43-66)20-22-60-30-48-69(49-31-60)73(68-46-24-57(25-47-68)19-18-56-8-6-5-7-9-56)70-50-32-61(33-51-70)23-21-59-28-44-67(45-29-59)72(64-38-14-54(3)15-39-64)65-40-16-55(4)17-41-65/h5-51H,1-4H3/b19-18+,22-20+,23-21+. The molecule has 3 nitrogen and oxygen atoms in total. The summed E-state index contributed by atoms with van der Waals surface area (Å²) in [5.41, 5.74) is 21.8. The molecule has 3 heteroatoms. The molecule has 10 aromatic rings. The zero-order valence-electron chi connectivity index (χ0n) is 42.0. The van der Waals surface area contributed by atoms with Crippen molar-refractivity contribution in [1.29, 1.82) is 0 Å². The van der Waals surface area contributed by atoms with E-state index in [1.807, 2.05) is 6.07 Å². The minimum atomic E-state index is 1.08. The average Bonchev–Trinajstić information content (AvgIpc) is 3.43. The first-order valence-electron chi connectivity index (χ1n) is 25.0. The molecule has 0 radical (unpaired) electrons. The summed E-state index contributed by atoms with van der Waals surface area (Å²) in [5, 5.41) is 0. The van der Waals surface area contributed by atoms with E-state index in [0.717, 1.165) is 79.0 Å². The predicted molar refractivity (Wildman–Crippen MR) is 316 cm³/mol. The van der Waals surface area contributed by atoms with Crippen LogP contribution in [0.15, 0.2) is 249 Å². The van der Waals surface area contributed by atoms with Gasteiger partial charge in [-0.25, -0.2) is 0 Å². The SMILES string of the molecule is Cc1ccc(N(c2ccc(C)cc2)c2ccc(/C=C/c3ccc(N(c4ccc(/C=C/c5ccccc5)cc4)c4ccc(/C=C/c5ccc(N(c6ccc(C)cc6)c6ccc(C)cc6)cc5)cc4)cc3)cc2)cc1. The van der Waals surface area contributed by atoms with Crippen LogP contribution >= 0.6 is 0 Å². The number of hydrogen-bond acceptors (Lipinski definition) is 3. The second-order valence-electron chi connectivity index (χ2n) is 18.7. The highest BCUT2D eigenvalue weighted by molar-refractivity contribution is 5.83. The lowest BCUT2D eigenvalue weighted by Gasteiger charge is -2.26. The minimum absolute atomic E-state index is 1.08. The van der Waals surface area contributed by atoms with Crippen molar-refractivity contribution in [1.82, 2.24) is 0 Å². The van der Waals surface area contributed by atoms with Crippen molar-refractivity contribution in [2.75, 3.05) is 14.7 Å². The molecule has 0 aromatic heterocycles. The third-order valence-corrected chi connectivity index (χ3v) is 13.1. The number of hydrogen-bond donors (Lipinski definition) is 0. The molecule has 0 aliphatic rings. The summed E-state index contributed by atoms with van der Waals surface area (Å²) in [6, 6.07) is 89.3. The maximum absolute atomic E-state index is 2.32. The van der Waals surface area contributed by atoms with Gasteiger partial charge in [0, 0.05) is 51.2 Å². The van der Waals surface area contributed by atoms with Gasteiger partial charge in [0.05, 0.1) is 0 Å². The Kier molecular flexibility index (Phi) is 14.5. The van der Waals surface area contributed by atoms with Gasteiger partial charge >= 0.3 is 0 Å². The van der Waals surface area contributed by atoms with Crippen molar-refractivity contribution in [3.8, 4) is 0 Å². The van der Waals surface area contributed by atoms with Crippen molar-refractivity contribution in [2.24, 2.45) is 0 Å². The lowest BCUT2D eigenvalue weighted by Crippen LogP contribution is -2.10. The maximum atomic E-state index is 2.32. The normalized spacial score (nSPS) is 11.4. The summed E-state index contributed by atoms with van der Waals surface area (Å²) in [6.07, 6.45) is 13.1. The van der Waals surface area contributed by atoms with Gasteiger partial charge < -0.3 is 14.7 Å². The molecule has 0 amide bonds. The first kappa shape index (κ1) is 47.5. The Hall–Kier alpha value is -9.18. The van der Waals surface area contributed by atoms with E-state index in [0.29, 0.717) is 0 Å². The topological polar surface area (TPSA) is 9.72 Å². The molecular weight excluding hydrogens is 883 g/mol. The Morgan fingerprint density at radius 3 is 0.507 bits per heavy atom. The van der Waals surface area contributed by atoms with Crippen LogP contribution in [0, 0.1) is 27.7 Å².